The number of hydrogen-bond donors (Lipinski definition) is 3. The molecule has 0 bridgehead atoms. The van der Waals surface area contributed by atoms with Crippen LogP contribution in [0.1, 0.15) is 363 Å². The molecule has 0 aromatic heterocycles. The number of unbranched alkanes of at least 4 members (excludes halogenated alkanes) is 40. The topological polar surface area (TPSA) is 237 Å². The lowest BCUT2D eigenvalue weighted by Crippen LogP contribution is -2.30. The third-order valence-electron chi connectivity index (χ3n) is 16.5. The van der Waals surface area contributed by atoms with Crippen molar-refractivity contribution in [1.82, 2.24) is 0 Å². The maximum absolute atomic E-state index is 13.0. The van der Waals surface area contributed by atoms with E-state index in [9.17, 15) is 43.2 Å². The summed E-state index contributed by atoms with van der Waals surface area (Å²) in [5, 5.41) is 10.6. The first-order valence-corrected chi connectivity index (χ1v) is 40.0. The number of hydrogen-bond acceptors (Lipinski definition) is 15. The van der Waals surface area contributed by atoms with Gasteiger partial charge >= 0.3 is 39.5 Å². The van der Waals surface area contributed by atoms with Gasteiger partial charge in [-0.05, 0) is 37.5 Å². The number of esters is 4. The highest BCUT2D eigenvalue weighted by molar-refractivity contribution is 7.47. The summed E-state index contributed by atoms with van der Waals surface area (Å²) in [5.74, 6) is -0.651. The second-order valence-corrected chi connectivity index (χ2v) is 29.5. The standard InChI is InChI=1S/C71H138O17P2/c1-7-9-11-13-15-17-19-21-25-29-35-41-47-53-68(73)81-59-66(87-71(76)56-50-44-37-31-27-23-24-28-33-39-45-51-63(3)4)61-85-89(77,78)83-57-65(72)58-84-90(79,80)86-62-67(60-82-69(74)54-48-42-38-32-34-40-46-52-64(5)6)88-70(75)55-49-43-36-30-26-22-20-18-16-14-12-10-8-2/h63-67,72H,7-62H2,1-6H3,(H,77,78)(H,79,80)/t65-,66-,67-/m1/s1. The lowest BCUT2D eigenvalue weighted by Gasteiger charge is -2.21. The summed E-state index contributed by atoms with van der Waals surface area (Å²) in [4.78, 5) is 72.6. The molecule has 0 aliphatic heterocycles. The van der Waals surface area contributed by atoms with Crippen molar-refractivity contribution in [2.24, 2.45) is 11.8 Å². The minimum atomic E-state index is -4.95. The molecule has 90 heavy (non-hydrogen) atoms. The predicted molar refractivity (Wildman–Crippen MR) is 363 cm³/mol. The van der Waals surface area contributed by atoms with E-state index in [1.807, 2.05) is 0 Å². The van der Waals surface area contributed by atoms with Gasteiger partial charge in [0.25, 0.3) is 0 Å². The van der Waals surface area contributed by atoms with E-state index in [0.29, 0.717) is 31.6 Å². The van der Waals surface area contributed by atoms with Gasteiger partial charge < -0.3 is 33.8 Å². The Morgan fingerprint density at radius 3 is 0.756 bits per heavy atom. The molecule has 0 saturated heterocycles. The predicted octanol–water partition coefficient (Wildman–Crippen LogP) is 20.4. The lowest BCUT2D eigenvalue weighted by molar-refractivity contribution is -0.161. The molecular weight excluding hydrogens is 1190 g/mol. The smallest absolute Gasteiger partial charge is 0.462 e. The summed E-state index contributed by atoms with van der Waals surface area (Å²) in [6.07, 6.45) is 48.5. The fourth-order valence-corrected chi connectivity index (χ4v) is 12.3. The summed E-state index contributed by atoms with van der Waals surface area (Å²) >= 11 is 0. The number of ether oxygens (including phenoxy) is 4. The maximum atomic E-state index is 13.0. The van der Waals surface area contributed by atoms with Gasteiger partial charge in [0.05, 0.1) is 26.4 Å². The van der Waals surface area contributed by atoms with Gasteiger partial charge in [-0.1, -0.05) is 311 Å². The minimum Gasteiger partial charge on any atom is -0.462 e. The monoisotopic (exact) mass is 1320 g/mol. The zero-order valence-electron chi connectivity index (χ0n) is 58.4. The number of phosphoric acid groups is 2. The van der Waals surface area contributed by atoms with Gasteiger partial charge in [0.15, 0.2) is 12.2 Å². The van der Waals surface area contributed by atoms with Crippen LogP contribution in [-0.4, -0.2) is 96.7 Å². The van der Waals surface area contributed by atoms with E-state index in [4.69, 9.17) is 37.0 Å². The molecular formula is C71H138O17P2. The summed E-state index contributed by atoms with van der Waals surface area (Å²) in [5.41, 5.74) is 0. The Kier molecular flexibility index (Phi) is 61.8. The van der Waals surface area contributed by atoms with Gasteiger partial charge in [-0.3, -0.25) is 37.3 Å². The van der Waals surface area contributed by atoms with Crippen molar-refractivity contribution in [3.63, 3.8) is 0 Å². The summed E-state index contributed by atoms with van der Waals surface area (Å²) < 4.78 is 68.3. The zero-order chi connectivity index (χ0) is 66.5. The maximum Gasteiger partial charge on any atom is 0.472 e. The van der Waals surface area contributed by atoms with Crippen molar-refractivity contribution < 1.29 is 80.2 Å². The van der Waals surface area contributed by atoms with Crippen LogP contribution >= 0.6 is 15.6 Å². The molecule has 0 radical (unpaired) electrons. The molecule has 5 atom stereocenters. The molecule has 0 amide bonds. The third-order valence-corrected chi connectivity index (χ3v) is 18.4. The molecule has 0 aromatic rings. The highest BCUT2D eigenvalue weighted by atomic mass is 31.2. The molecule has 0 aliphatic carbocycles. The van der Waals surface area contributed by atoms with Gasteiger partial charge in [-0.2, -0.15) is 0 Å². The number of carbonyl (C=O) groups is 4. The highest BCUT2D eigenvalue weighted by Gasteiger charge is 2.30. The van der Waals surface area contributed by atoms with Gasteiger partial charge in [-0.15, -0.1) is 0 Å². The van der Waals surface area contributed by atoms with E-state index in [0.717, 1.165) is 102 Å². The Balaban J connectivity index is 5.25. The summed E-state index contributed by atoms with van der Waals surface area (Å²) in [6, 6.07) is 0. The van der Waals surface area contributed by atoms with E-state index >= 15 is 0 Å². The van der Waals surface area contributed by atoms with E-state index in [1.165, 1.54) is 173 Å². The number of rotatable bonds is 70. The van der Waals surface area contributed by atoms with Crippen molar-refractivity contribution in [3.8, 4) is 0 Å². The SMILES string of the molecule is CCCCCCCCCCCCCCCC(=O)OC[C@H](COP(=O)(O)OC[C@@H](O)COP(=O)(O)OC[C@@H](COC(=O)CCCCCCCCCC(C)C)OC(=O)CCCCCCCCCCCCCCC)OC(=O)CCCCCCCCCCCCCC(C)C. The van der Waals surface area contributed by atoms with Gasteiger partial charge in [-0.25, -0.2) is 9.13 Å². The largest absolute Gasteiger partial charge is 0.472 e. The Labute approximate surface area is 549 Å². The van der Waals surface area contributed by atoms with Gasteiger partial charge in [0.2, 0.25) is 0 Å². The van der Waals surface area contributed by atoms with Gasteiger partial charge in [0, 0.05) is 25.7 Å². The van der Waals surface area contributed by atoms with E-state index < -0.39 is 97.5 Å². The quantitative estimate of drug-likeness (QED) is 0.0222. The van der Waals surface area contributed by atoms with Crippen LogP contribution in [0.5, 0.6) is 0 Å². The molecule has 0 aliphatic rings. The molecule has 0 aromatic carbocycles. The first-order chi connectivity index (χ1) is 43.4. The molecule has 534 valence electrons. The number of aliphatic hydroxyl groups excluding tert-OH is 1. The second-order valence-electron chi connectivity index (χ2n) is 26.6. The van der Waals surface area contributed by atoms with E-state index in [-0.39, 0.29) is 25.7 Å². The molecule has 0 fully saturated rings. The first-order valence-electron chi connectivity index (χ1n) is 37.0. The molecule has 3 N–H and O–H groups in total. The van der Waals surface area contributed by atoms with Crippen LogP contribution in [0, 0.1) is 11.8 Å². The van der Waals surface area contributed by atoms with Crippen LogP contribution in [0.2, 0.25) is 0 Å². The van der Waals surface area contributed by atoms with Crippen LogP contribution in [0.3, 0.4) is 0 Å². The normalized spacial score (nSPS) is 14.1. The number of phosphoric ester groups is 2. The van der Waals surface area contributed by atoms with E-state index in [2.05, 4.69) is 41.5 Å². The van der Waals surface area contributed by atoms with E-state index in [1.54, 1.807) is 0 Å². The lowest BCUT2D eigenvalue weighted by atomic mass is 10.0. The Hall–Kier alpha value is -1.94. The van der Waals surface area contributed by atoms with Crippen LogP contribution in [0.25, 0.3) is 0 Å². The highest BCUT2D eigenvalue weighted by Crippen LogP contribution is 2.45. The molecule has 0 saturated carbocycles. The van der Waals surface area contributed by atoms with Crippen LogP contribution in [0.4, 0.5) is 0 Å². The number of aliphatic hydroxyl groups is 1. The number of carbonyl (C=O) groups excluding carboxylic acids is 4. The second kappa shape index (κ2) is 63.1. The molecule has 19 heteroatoms. The first kappa shape index (κ1) is 88.1. The molecule has 17 nitrogen and oxygen atoms in total. The van der Waals surface area contributed by atoms with Crippen molar-refractivity contribution in [3.05, 3.63) is 0 Å². The fraction of sp³-hybridized carbons (Fsp3) is 0.944. The average molecular weight is 1330 g/mol. The van der Waals surface area contributed by atoms with Crippen molar-refractivity contribution in [2.45, 2.75) is 381 Å². The minimum absolute atomic E-state index is 0.107. The van der Waals surface area contributed by atoms with Gasteiger partial charge in [0.1, 0.15) is 19.3 Å². The summed E-state index contributed by atoms with van der Waals surface area (Å²) in [7, 11) is -9.90. The van der Waals surface area contributed by atoms with Crippen molar-refractivity contribution in [1.29, 1.82) is 0 Å². The third kappa shape index (κ3) is 64.8. The Bertz CT molecular complexity index is 1750. The van der Waals surface area contributed by atoms with Crippen molar-refractivity contribution >= 4 is 39.5 Å². The average Bonchev–Trinajstić information content (AvgIpc) is 3.37. The van der Waals surface area contributed by atoms with Crippen LogP contribution in [-0.2, 0) is 65.4 Å². The molecule has 0 spiro atoms. The van der Waals surface area contributed by atoms with Crippen LogP contribution in [0.15, 0.2) is 0 Å². The molecule has 0 heterocycles. The Morgan fingerprint density at radius 2 is 0.511 bits per heavy atom. The summed E-state index contributed by atoms with van der Waals surface area (Å²) in [6.45, 7) is 9.51. The van der Waals surface area contributed by atoms with Crippen LogP contribution < -0.4 is 0 Å². The van der Waals surface area contributed by atoms with Crippen molar-refractivity contribution in [2.75, 3.05) is 39.6 Å². The molecule has 0 rings (SSSR count). The molecule has 2 unspecified atom stereocenters. The zero-order valence-corrected chi connectivity index (χ0v) is 60.2. The Morgan fingerprint density at radius 1 is 0.300 bits per heavy atom. The fourth-order valence-electron chi connectivity index (χ4n) is 10.8.